The highest BCUT2D eigenvalue weighted by Crippen LogP contribution is 2.19. The summed E-state index contributed by atoms with van der Waals surface area (Å²) >= 11 is 3.38. The number of nitrogens with zero attached hydrogens (tertiary/aromatic N) is 2. The average Bonchev–Trinajstić information content (AvgIpc) is 3.26. The van der Waals surface area contributed by atoms with E-state index in [9.17, 15) is 9.59 Å². The van der Waals surface area contributed by atoms with Crippen LogP contribution >= 0.6 is 15.9 Å². The van der Waals surface area contributed by atoms with Gasteiger partial charge in [0.05, 0.1) is 22.4 Å². The van der Waals surface area contributed by atoms with Gasteiger partial charge < -0.3 is 10.6 Å². The minimum Gasteiger partial charge on any atom is -0.346 e. The van der Waals surface area contributed by atoms with Crippen molar-refractivity contribution in [2.75, 3.05) is 5.32 Å². The lowest BCUT2D eigenvalue weighted by Crippen LogP contribution is -2.26. The summed E-state index contributed by atoms with van der Waals surface area (Å²) in [6.45, 7) is 1.91. The van der Waals surface area contributed by atoms with Crippen LogP contribution in [0.15, 0.2) is 95.7 Å². The molecule has 0 aliphatic carbocycles. The van der Waals surface area contributed by atoms with Crippen molar-refractivity contribution >= 4 is 33.4 Å². The van der Waals surface area contributed by atoms with E-state index in [2.05, 4.69) is 31.7 Å². The van der Waals surface area contributed by atoms with Crippen molar-refractivity contribution in [1.29, 1.82) is 0 Å². The first-order valence-electron chi connectivity index (χ1n) is 10.1. The van der Waals surface area contributed by atoms with Crippen LogP contribution in [0, 0.1) is 0 Å². The Kier molecular flexibility index (Phi) is 6.47. The lowest BCUT2D eigenvalue weighted by atomic mass is 10.1. The van der Waals surface area contributed by atoms with Crippen molar-refractivity contribution in [3.63, 3.8) is 0 Å². The molecular formula is C25H21BrN4O2. The van der Waals surface area contributed by atoms with Crippen molar-refractivity contribution in [2.24, 2.45) is 0 Å². The Labute approximate surface area is 194 Å². The summed E-state index contributed by atoms with van der Waals surface area (Å²) in [6.07, 6.45) is 3.55. The number of amides is 2. The predicted octanol–water partition coefficient (Wildman–Crippen LogP) is 5.38. The third-order valence-corrected chi connectivity index (χ3v) is 5.38. The average molecular weight is 489 g/mol. The molecule has 0 saturated carbocycles. The number of benzene rings is 3. The summed E-state index contributed by atoms with van der Waals surface area (Å²) in [5.74, 6) is -0.354. The van der Waals surface area contributed by atoms with Gasteiger partial charge in [0.15, 0.2) is 0 Å². The van der Waals surface area contributed by atoms with E-state index in [1.807, 2.05) is 67.7 Å². The van der Waals surface area contributed by atoms with E-state index in [-0.39, 0.29) is 17.9 Å². The standard InChI is InChI=1S/C25H21BrN4O2/c1-17(20-8-5-9-22(14-20)29-25(32)18-6-3-2-4-7-18)28-24(31)19-10-12-23(13-11-19)30-16-21(26)15-27-30/h2-17H,1H3,(H,28,31)(H,29,32). The largest absolute Gasteiger partial charge is 0.346 e. The Balaban J connectivity index is 1.41. The highest BCUT2D eigenvalue weighted by molar-refractivity contribution is 9.10. The van der Waals surface area contributed by atoms with E-state index in [0.717, 1.165) is 15.7 Å². The first-order chi connectivity index (χ1) is 15.5. The summed E-state index contributed by atoms with van der Waals surface area (Å²) in [7, 11) is 0. The molecule has 1 aromatic heterocycles. The summed E-state index contributed by atoms with van der Waals surface area (Å²) in [6, 6.07) is 23.5. The normalized spacial score (nSPS) is 11.6. The number of aromatic nitrogens is 2. The maximum Gasteiger partial charge on any atom is 0.255 e. The Bertz CT molecular complexity index is 1240. The molecule has 2 amide bonds. The highest BCUT2D eigenvalue weighted by Gasteiger charge is 2.13. The molecule has 32 heavy (non-hydrogen) atoms. The summed E-state index contributed by atoms with van der Waals surface area (Å²) in [4.78, 5) is 25.1. The molecular weight excluding hydrogens is 468 g/mol. The second-order valence-corrected chi connectivity index (χ2v) is 8.21. The third-order valence-electron chi connectivity index (χ3n) is 4.97. The van der Waals surface area contributed by atoms with Crippen LogP contribution in [0.25, 0.3) is 5.69 Å². The first-order valence-corrected chi connectivity index (χ1v) is 10.9. The summed E-state index contributed by atoms with van der Waals surface area (Å²) < 4.78 is 2.61. The van der Waals surface area contributed by atoms with Crippen molar-refractivity contribution in [2.45, 2.75) is 13.0 Å². The zero-order chi connectivity index (χ0) is 22.5. The van der Waals surface area contributed by atoms with Crippen molar-refractivity contribution in [1.82, 2.24) is 15.1 Å². The zero-order valence-corrected chi connectivity index (χ0v) is 18.9. The number of anilines is 1. The number of carbonyl (C=O) groups is 2. The number of carbonyl (C=O) groups excluding carboxylic acids is 2. The van der Waals surface area contributed by atoms with Gasteiger partial charge in [-0.3, -0.25) is 9.59 Å². The smallest absolute Gasteiger partial charge is 0.255 e. The molecule has 6 nitrogen and oxygen atoms in total. The van der Waals surface area contributed by atoms with Gasteiger partial charge in [-0.1, -0.05) is 30.3 Å². The maximum absolute atomic E-state index is 12.7. The van der Waals surface area contributed by atoms with Crippen LogP contribution in [-0.2, 0) is 0 Å². The molecule has 0 aliphatic heterocycles. The lowest BCUT2D eigenvalue weighted by molar-refractivity contribution is 0.0939. The number of nitrogens with one attached hydrogen (secondary N) is 2. The molecule has 0 fully saturated rings. The predicted molar refractivity (Wildman–Crippen MR) is 128 cm³/mol. The van der Waals surface area contributed by atoms with E-state index >= 15 is 0 Å². The lowest BCUT2D eigenvalue weighted by Gasteiger charge is -2.16. The molecule has 7 heteroatoms. The Morgan fingerprint density at radius 1 is 0.906 bits per heavy atom. The minimum absolute atomic E-state index is 0.176. The van der Waals surface area contributed by atoms with E-state index in [1.165, 1.54) is 0 Å². The molecule has 0 aliphatic rings. The van der Waals surface area contributed by atoms with Gasteiger partial charge in [0, 0.05) is 23.0 Å². The maximum atomic E-state index is 12.7. The number of halogens is 1. The fourth-order valence-corrected chi connectivity index (χ4v) is 3.53. The van der Waals surface area contributed by atoms with Crippen molar-refractivity contribution in [3.8, 4) is 5.69 Å². The highest BCUT2D eigenvalue weighted by atomic mass is 79.9. The Morgan fingerprint density at radius 2 is 1.62 bits per heavy atom. The molecule has 2 N–H and O–H groups in total. The van der Waals surface area contributed by atoms with Gasteiger partial charge in [-0.05, 0) is 76.9 Å². The summed E-state index contributed by atoms with van der Waals surface area (Å²) in [5, 5.41) is 10.1. The van der Waals surface area contributed by atoms with E-state index < -0.39 is 0 Å². The Hall–Kier alpha value is -3.71. The molecule has 0 bridgehead atoms. The first kappa shape index (κ1) is 21.5. The van der Waals surface area contributed by atoms with Crippen LogP contribution in [0.3, 0.4) is 0 Å². The molecule has 1 atom stereocenters. The molecule has 1 unspecified atom stereocenters. The molecule has 0 radical (unpaired) electrons. The number of hydrogen-bond acceptors (Lipinski definition) is 3. The second-order valence-electron chi connectivity index (χ2n) is 7.29. The molecule has 4 rings (SSSR count). The van der Waals surface area contributed by atoms with Crippen molar-refractivity contribution < 1.29 is 9.59 Å². The molecule has 160 valence electrons. The van der Waals surface area contributed by atoms with Gasteiger partial charge in [-0.15, -0.1) is 0 Å². The van der Waals surface area contributed by atoms with Crippen LogP contribution in [0.2, 0.25) is 0 Å². The van der Waals surface area contributed by atoms with E-state index in [1.54, 1.807) is 35.1 Å². The molecule has 3 aromatic carbocycles. The fourth-order valence-electron chi connectivity index (χ4n) is 3.25. The quantitative estimate of drug-likeness (QED) is 0.382. The molecule has 1 heterocycles. The topological polar surface area (TPSA) is 76.0 Å². The van der Waals surface area contributed by atoms with Gasteiger partial charge >= 0.3 is 0 Å². The van der Waals surface area contributed by atoms with Gasteiger partial charge in [0.2, 0.25) is 0 Å². The zero-order valence-electron chi connectivity index (χ0n) is 17.3. The molecule has 0 spiro atoms. The van der Waals surface area contributed by atoms with Gasteiger partial charge in [0.1, 0.15) is 0 Å². The summed E-state index contributed by atoms with van der Waals surface area (Å²) in [5.41, 5.74) is 3.57. The van der Waals surface area contributed by atoms with Gasteiger partial charge in [-0.25, -0.2) is 4.68 Å². The van der Waals surface area contributed by atoms with E-state index in [0.29, 0.717) is 16.8 Å². The van der Waals surface area contributed by atoms with E-state index in [4.69, 9.17) is 0 Å². The molecule has 0 saturated heterocycles. The fraction of sp³-hybridized carbons (Fsp3) is 0.0800. The van der Waals surface area contributed by atoms with Crippen LogP contribution in [0.1, 0.15) is 39.2 Å². The van der Waals surface area contributed by atoms with Crippen molar-refractivity contribution in [3.05, 3.63) is 112 Å². The van der Waals surface area contributed by atoms with Crippen LogP contribution in [0.5, 0.6) is 0 Å². The van der Waals surface area contributed by atoms with Gasteiger partial charge in [-0.2, -0.15) is 5.10 Å². The third kappa shape index (κ3) is 5.12. The number of hydrogen-bond donors (Lipinski definition) is 2. The second kappa shape index (κ2) is 9.62. The minimum atomic E-state index is -0.238. The SMILES string of the molecule is CC(NC(=O)c1ccc(-n2cc(Br)cn2)cc1)c1cccc(NC(=O)c2ccccc2)c1. The van der Waals surface area contributed by atoms with Crippen LogP contribution in [-0.4, -0.2) is 21.6 Å². The van der Waals surface area contributed by atoms with Gasteiger partial charge in [0.25, 0.3) is 11.8 Å². The number of rotatable bonds is 6. The van der Waals surface area contributed by atoms with Crippen LogP contribution < -0.4 is 10.6 Å². The molecule has 4 aromatic rings. The monoisotopic (exact) mass is 488 g/mol. The Morgan fingerprint density at radius 3 is 2.31 bits per heavy atom. The van der Waals surface area contributed by atoms with Crippen LogP contribution in [0.4, 0.5) is 5.69 Å².